The number of hydroxylamine groups is 2. The number of benzene rings is 2. The van der Waals surface area contributed by atoms with Gasteiger partial charge in [-0.15, -0.1) is 0 Å². The first-order valence-corrected chi connectivity index (χ1v) is 9.24. The van der Waals surface area contributed by atoms with E-state index in [-0.39, 0.29) is 24.8 Å². The fraction of sp³-hybridized carbons (Fsp3) is 0.273. The van der Waals surface area contributed by atoms with Gasteiger partial charge in [-0.3, -0.25) is 14.8 Å². The summed E-state index contributed by atoms with van der Waals surface area (Å²) in [5.41, 5.74) is 1.03. The van der Waals surface area contributed by atoms with Crippen molar-refractivity contribution >= 4 is 11.9 Å². The van der Waals surface area contributed by atoms with Gasteiger partial charge in [0.15, 0.2) is 0 Å². The fourth-order valence-corrected chi connectivity index (χ4v) is 3.33. The Morgan fingerprint density at radius 3 is 2.54 bits per heavy atom. The Kier molecular flexibility index (Phi) is 6.45. The number of ether oxygens (including phenoxy) is 1. The van der Waals surface area contributed by atoms with Crippen LogP contribution in [0.5, 0.6) is 11.5 Å². The number of carboxylic acids is 1. The predicted octanol–water partition coefficient (Wildman–Crippen LogP) is 4.05. The van der Waals surface area contributed by atoms with Crippen molar-refractivity contribution in [2.45, 2.75) is 31.7 Å². The molecule has 0 radical (unpaired) electrons. The Morgan fingerprint density at radius 2 is 1.79 bits per heavy atom. The van der Waals surface area contributed by atoms with Crippen molar-refractivity contribution in [2.75, 3.05) is 0 Å². The summed E-state index contributed by atoms with van der Waals surface area (Å²) < 4.78 is 5.86. The second kappa shape index (κ2) is 9.19. The summed E-state index contributed by atoms with van der Waals surface area (Å²) in [7, 11) is 0. The van der Waals surface area contributed by atoms with E-state index in [1.807, 2.05) is 66.7 Å². The van der Waals surface area contributed by atoms with Gasteiger partial charge in [0.25, 0.3) is 0 Å². The molecular formula is C22H23NO5. The molecule has 2 aromatic rings. The Bertz CT molecular complexity index is 849. The summed E-state index contributed by atoms with van der Waals surface area (Å²) in [4.78, 5) is 22.7. The van der Waals surface area contributed by atoms with E-state index in [0.717, 1.165) is 17.1 Å². The van der Waals surface area contributed by atoms with Gasteiger partial charge in [-0.2, -0.15) is 0 Å². The van der Waals surface area contributed by atoms with Gasteiger partial charge < -0.3 is 9.84 Å². The highest BCUT2D eigenvalue weighted by atomic mass is 16.5. The molecule has 0 fully saturated rings. The topological polar surface area (TPSA) is 87.1 Å². The zero-order valence-electron chi connectivity index (χ0n) is 15.4. The summed E-state index contributed by atoms with van der Waals surface area (Å²) in [6.45, 7) is 0. The summed E-state index contributed by atoms with van der Waals surface area (Å²) in [5.74, 6) is -0.199. The number of carbonyl (C=O) groups is 2. The third-order valence-electron chi connectivity index (χ3n) is 4.73. The summed E-state index contributed by atoms with van der Waals surface area (Å²) >= 11 is 0. The van der Waals surface area contributed by atoms with E-state index in [1.165, 1.54) is 0 Å². The molecule has 0 aliphatic heterocycles. The maximum atomic E-state index is 12.1. The Labute approximate surface area is 163 Å². The standard InChI is InChI=1S/C22H23NO5/c24-21(12-13-22(25)26)23(27)20-11-5-7-17(20)14-16-6-4-10-19(15-16)28-18-8-2-1-3-9-18/h1-10,15,17,20,27H,11-14H2,(H,25,26)/t17-,20+/m1/s1. The normalized spacial score (nSPS) is 18.0. The van der Waals surface area contributed by atoms with Crippen LogP contribution in [0.25, 0.3) is 0 Å². The largest absolute Gasteiger partial charge is 0.481 e. The van der Waals surface area contributed by atoms with E-state index < -0.39 is 11.9 Å². The number of carbonyl (C=O) groups excluding carboxylic acids is 1. The van der Waals surface area contributed by atoms with Crippen molar-refractivity contribution in [3.05, 3.63) is 72.3 Å². The zero-order chi connectivity index (χ0) is 19.9. The molecule has 0 unspecified atom stereocenters. The third kappa shape index (κ3) is 5.20. The lowest BCUT2D eigenvalue weighted by molar-refractivity contribution is -0.179. The molecule has 28 heavy (non-hydrogen) atoms. The number of hydrogen-bond acceptors (Lipinski definition) is 4. The molecule has 146 valence electrons. The second-order valence-electron chi connectivity index (χ2n) is 6.79. The van der Waals surface area contributed by atoms with Crippen molar-refractivity contribution in [1.82, 2.24) is 5.06 Å². The number of aliphatic carboxylic acids is 1. The lowest BCUT2D eigenvalue weighted by atomic mass is 9.94. The first-order chi connectivity index (χ1) is 13.5. The lowest BCUT2D eigenvalue weighted by Crippen LogP contribution is -2.40. The molecule has 0 saturated heterocycles. The first kappa shape index (κ1) is 19.6. The van der Waals surface area contributed by atoms with Gasteiger partial charge in [0.05, 0.1) is 12.5 Å². The molecule has 0 aromatic heterocycles. The Morgan fingerprint density at radius 1 is 1.04 bits per heavy atom. The molecule has 0 saturated carbocycles. The fourth-order valence-electron chi connectivity index (χ4n) is 3.33. The number of amides is 1. The van der Waals surface area contributed by atoms with Crippen molar-refractivity contribution < 1.29 is 24.6 Å². The van der Waals surface area contributed by atoms with Crippen LogP contribution in [0.4, 0.5) is 0 Å². The van der Waals surface area contributed by atoms with Gasteiger partial charge in [0.1, 0.15) is 11.5 Å². The zero-order valence-corrected chi connectivity index (χ0v) is 15.4. The maximum absolute atomic E-state index is 12.1. The van der Waals surface area contributed by atoms with Gasteiger partial charge in [-0.1, -0.05) is 42.5 Å². The minimum atomic E-state index is -1.06. The van der Waals surface area contributed by atoms with Crippen LogP contribution in [-0.4, -0.2) is 33.3 Å². The molecule has 2 N–H and O–H groups in total. The highest BCUT2D eigenvalue weighted by Crippen LogP contribution is 2.29. The number of para-hydroxylation sites is 1. The minimum Gasteiger partial charge on any atom is -0.481 e. The monoisotopic (exact) mass is 381 g/mol. The van der Waals surface area contributed by atoms with Gasteiger partial charge >= 0.3 is 5.97 Å². The van der Waals surface area contributed by atoms with Crippen LogP contribution in [0, 0.1) is 5.92 Å². The number of rotatable bonds is 8. The van der Waals surface area contributed by atoms with Gasteiger partial charge in [-0.25, -0.2) is 5.06 Å². The van der Waals surface area contributed by atoms with Crippen LogP contribution >= 0.6 is 0 Å². The van der Waals surface area contributed by atoms with Crippen LogP contribution in [0.3, 0.4) is 0 Å². The maximum Gasteiger partial charge on any atom is 0.303 e. The molecule has 0 spiro atoms. The van der Waals surface area contributed by atoms with Gasteiger partial charge in [-0.05, 0) is 42.7 Å². The van der Waals surface area contributed by atoms with Gasteiger partial charge in [0.2, 0.25) is 5.91 Å². The van der Waals surface area contributed by atoms with Crippen molar-refractivity contribution in [1.29, 1.82) is 0 Å². The second-order valence-corrected chi connectivity index (χ2v) is 6.79. The molecule has 2 atom stereocenters. The Hall–Kier alpha value is -3.12. The molecule has 1 aliphatic carbocycles. The molecule has 6 heteroatoms. The van der Waals surface area contributed by atoms with Crippen molar-refractivity contribution in [3.63, 3.8) is 0 Å². The lowest BCUT2D eigenvalue weighted by Gasteiger charge is -2.27. The van der Waals surface area contributed by atoms with Crippen molar-refractivity contribution in [3.8, 4) is 11.5 Å². The van der Waals surface area contributed by atoms with Crippen LogP contribution in [0.15, 0.2) is 66.7 Å². The van der Waals surface area contributed by atoms with E-state index in [0.29, 0.717) is 17.9 Å². The number of nitrogens with zero attached hydrogens (tertiary/aromatic N) is 1. The molecule has 0 heterocycles. The average Bonchev–Trinajstić information content (AvgIpc) is 3.14. The van der Waals surface area contributed by atoms with E-state index >= 15 is 0 Å². The van der Waals surface area contributed by atoms with Crippen LogP contribution in [-0.2, 0) is 16.0 Å². The van der Waals surface area contributed by atoms with Crippen LogP contribution < -0.4 is 4.74 Å². The smallest absolute Gasteiger partial charge is 0.303 e. The highest BCUT2D eigenvalue weighted by Gasteiger charge is 2.31. The highest BCUT2D eigenvalue weighted by molar-refractivity contribution is 5.80. The summed E-state index contributed by atoms with van der Waals surface area (Å²) in [5, 5.41) is 19.7. The minimum absolute atomic E-state index is 0.0502. The molecule has 0 bridgehead atoms. The predicted molar refractivity (Wildman–Crippen MR) is 103 cm³/mol. The number of carboxylic acid groups (broad SMARTS) is 1. The third-order valence-corrected chi connectivity index (χ3v) is 4.73. The van der Waals surface area contributed by atoms with E-state index in [2.05, 4.69) is 0 Å². The summed E-state index contributed by atoms with van der Waals surface area (Å²) in [6.07, 6.45) is 4.60. The number of hydrogen-bond donors (Lipinski definition) is 2. The summed E-state index contributed by atoms with van der Waals surface area (Å²) in [6, 6.07) is 16.8. The van der Waals surface area contributed by atoms with Gasteiger partial charge in [0, 0.05) is 12.3 Å². The van der Waals surface area contributed by atoms with Crippen molar-refractivity contribution in [2.24, 2.45) is 5.92 Å². The van der Waals surface area contributed by atoms with E-state index in [1.54, 1.807) is 0 Å². The van der Waals surface area contributed by atoms with E-state index in [9.17, 15) is 14.8 Å². The first-order valence-electron chi connectivity index (χ1n) is 9.24. The quantitative estimate of drug-likeness (QED) is 0.409. The molecule has 1 aliphatic rings. The Balaban J connectivity index is 1.63. The molecule has 1 amide bonds. The average molecular weight is 381 g/mol. The molecule has 3 rings (SSSR count). The molecule has 2 aromatic carbocycles. The van der Waals surface area contributed by atoms with E-state index in [4.69, 9.17) is 9.84 Å². The molecular weight excluding hydrogens is 358 g/mol. The SMILES string of the molecule is O=C(O)CCC(=O)N(O)[C@H]1CC=C[C@@H]1Cc1cccc(Oc2ccccc2)c1. The van der Waals surface area contributed by atoms with Crippen LogP contribution in [0.1, 0.15) is 24.8 Å². The molecule has 6 nitrogen and oxygen atoms in total. The van der Waals surface area contributed by atoms with Crippen LogP contribution in [0.2, 0.25) is 0 Å².